The molecular formula is C48H37N3O. The van der Waals surface area contributed by atoms with Crippen molar-refractivity contribution in [1.82, 2.24) is 0 Å². The summed E-state index contributed by atoms with van der Waals surface area (Å²) < 4.78 is 6.34. The summed E-state index contributed by atoms with van der Waals surface area (Å²) in [6.07, 6.45) is 10.5. The number of furan rings is 1. The van der Waals surface area contributed by atoms with Crippen LogP contribution in [0.25, 0.3) is 55.1 Å². The Morgan fingerprint density at radius 1 is 0.654 bits per heavy atom. The van der Waals surface area contributed by atoms with E-state index in [-0.39, 0.29) is 0 Å². The van der Waals surface area contributed by atoms with Gasteiger partial charge in [-0.15, -0.1) is 0 Å². The van der Waals surface area contributed by atoms with Crippen LogP contribution in [-0.2, 0) is 6.54 Å². The van der Waals surface area contributed by atoms with Crippen LogP contribution in [0, 0.1) is 0 Å². The van der Waals surface area contributed by atoms with Crippen LogP contribution >= 0.6 is 0 Å². The van der Waals surface area contributed by atoms with Gasteiger partial charge in [-0.2, -0.15) is 0 Å². The molecule has 8 rings (SSSR count). The van der Waals surface area contributed by atoms with Gasteiger partial charge >= 0.3 is 0 Å². The highest BCUT2D eigenvalue weighted by Crippen LogP contribution is 2.34. The first-order chi connectivity index (χ1) is 25.6. The summed E-state index contributed by atoms with van der Waals surface area (Å²) in [6.45, 7) is 2.50. The van der Waals surface area contributed by atoms with Gasteiger partial charge < -0.3 is 10.2 Å². The van der Waals surface area contributed by atoms with E-state index in [0.717, 1.165) is 66.1 Å². The first-order valence-corrected chi connectivity index (χ1v) is 17.5. The Hall–Kier alpha value is -6.78. The molecule has 52 heavy (non-hydrogen) atoms. The summed E-state index contributed by atoms with van der Waals surface area (Å²) >= 11 is 0. The number of hydrogen-bond donors (Lipinski definition) is 1. The van der Waals surface area contributed by atoms with Gasteiger partial charge in [0.1, 0.15) is 17.0 Å². The van der Waals surface area contributed by atoms with Crippen LogP contribution in [0.15, 0.2) is 190 Å². The topological polar surface area (TPSA) is 63.9 Å². The maximum Gasteiger partial charge on any atom is 0.158 e. The standard InChI is InChI=1S/C48H37N3O/c1-2-14-35(23-13-17-33-25-27-42-43-30-38-21-9-10-22-39(38)31-45(43)52-44(42)29-33)41-28-26-36-18-11-12-24-40(36)46(41)48(50-32-34-15-5-3-6-16-34)51-47(49)37-19-7-4-8-20-37/h2-31H,32H2,1H3,(H2,49,50,51)/b14-2-,17-13+,35-23+. The first-order valence-electron chi connectivity index (χ1n) is 17.5. The third-order valence-corrected chi connectivity index (χ3v) is 9.29. The van der Waals surface area contributed by atoms with Crippen LogP contribution in [0.1, 0.15) is 34.7 Å². The minimum absolute atomic E-state index is 0.414. The van der Waals surface area contributed by atoms with E-state index >= 15 is 0 Å². The van der Waals surface area contributed by atoms with Crippen LogP contribution in [0.3, 0.4) is 0 Å². The monoisotopic (exact) mass is 671 g/mol. The zero-order valence-electron chi connectivity index (χ0n) is 28.9. The minimum atomic E-state index is 0.414. The number of nitrogens with zero attached hydrogens (tertiary/aromatic N) is 2. The predicted octanol–water partition coefficient (Wildman–Crippen LogP) is 11.9. The van der Waals surface area contributed by atoms with Crippen molar-refractivity contribution < 1.29 is 4.42 Å². The Bertz CT molecular complexity index is 2710. The summed E-state index contributed by atoms with van der Waals surface area (Å²) in [5, 5.41) is 6.78. The lowest BCUT2D eigenvalue weighted by molar-refractivity contribution is 0.669. The van der Waals surface area contributed by atoms with E-state index in [4.69, 9.17) is 20.1 Å². The van der Waals surface area contributed by atoms with E-state index in [1.54, 1.807) is 0 Å². The summed E-state index contributed by atoms with van der Waals surface area (Å²) in [6, 6.07) is 51.9. The lowest BCUT2D eigenvalue weighted by atomic mass is 9.92. The molecule has 7 aromatic carbocycles. The number of nitrogens with two attached hydrogens (primary N) is 1. The molecule has 0 fully saturated rings. The fraction of sp³-hybridized carbons (Fsp3) is 0.0417. The predicted molar refractivity (Wildman–Crippen MR) is 221 cm³/mol. The van der Waals surface area contributed by atoms with Crippen molar-refractivity contribution in [3.8, 4) is 0 Å². The highest BCUT2D eigenvalue weighted by Gasteiger charge is 2.17. The highest BCUT2D eigenvalue weighted by atomic mass is 16.3. The number of aliphatic imine (C=N–C) groups is 2. The fourth-order valence-electron chi connectivity index (χ4n) is 6.72. The van der Waals surface area contributed by atoms with Crippen molar-refractivity contribution in [2.45, 2.75) is 13.5 Å². The van der Waals surface area contributed by atoms with Crippen molar-refractivity contribution in [1.29, 1.82) is 0 Å². The smallest absolute Gasteiger partial charge is 0.158 e. The normalized spacial score (nSPS) is 13.1. The van der Waals surface area contributed by atoms with E-state index in [0.29, 0.717) is 18.2 Å². The molecule has 1 aromatic heterocycles. The molecule has 0 aliphatic heterocycles. The summed E-state index contributed by atoms with van der Waals surface area (Å²) in [7, 11) is 0. The largest absolute Gasteiger partial charge is 0.456 e. The Morgan fingerprint density at radius 2 is 1.35 bits per heavy atom. The number of fused-ring (bicyclic) bond motifs is 5. The van der Waals surface area contributed by atoms with Gasteiger partial charge in [0.2, 0.25) is 0 Å². The number of allylic oxidation sites excluding steroid dienone is 5. The molecule has 250 valence electrons. The molecule has 1 heterocycles. The minimum Gasteiger partial charge on any atom is -0.456 e. The Morgan fingerprint density at radius 3 is 2.13 bits per heavy atom. The zero-order valence-corrected chi connectivity index (χ0v) is 28.9. The van der Waals surface area contributed by atoms with Crippen molar-refractivity contribution in [2.75, 3.05) is 0 Å². The van der Waals surface area contributed by atoms with Gasteiger partial charge in [0, 0.05) is 21.9 Å². The third-order valence-electron chi connectivity index (χ3n) is 9.29. The molecule has 0 saturated heterocycles. The summed E-state index contributed by atoms with van der Waals surface area (Å²) in [4.78, 5) is 10.2. The first kappa shape index (κ1) is 32.4. The van der Waals surface area contributed by atoms with E-state index in [9.17, 15) is 0 Å². The molecule has 0 saturated carbocycles. The van der Waals surface area contributed by atoms with Gasteiger partial charge in [0.05, 0.1) is 6.54 Å². The number of hydrogen-bond acceptors (Lipinski definition) is 2. The number of rotatable bonds is 8. The number of benzene rings is 7. The number of amidine groups is 2. The van der Waals surface area contributed by atoms with Crippen LogP contribution in [0.5, 0.6) is 0 Å². The van der Waals surface area contributed by atoms with Crippen LogP contribution in [0.4, 0.5) is 0 Å². The Kier molecular flexibility index (Phi) is 9.10. The highest BCUT2D eigenvalue weighted by molar-refractivity contribution is 6.19. The van der Waals surface area contributed by atoms with Gasteiger partial charge in [-0.25, -0.2) is 4.99 Å². The SMILES string of the molecule is C\C=C/C(=C\C=C\c1ccc2c(c1)oc1cc3ccccc3cc12)c1ccc2ccccc2c1C(N=C(N)c1ccccc1)=NCc1ccccc1. The molecule has 2 N–H and O–H groups in total. The molecule has 0 bridgehead atoms. The van der Waals surface area contributed by atoms with Gasteiger partial charge in [-0.3, -0.25) is 4.99 Å². The van der Waals surface area contributed by atoms with Gasteiger partial charge in [0.25, 0.3) is 0 Å². The van der Waals surface area contributed by atoms with E-state index < -0.39 is 0 Å². The van der Waals surface area contributed by atoms with Gasteiger partial charge in [-0.1, -0.05) is 158 Å². The second-order valence-corrected chi connectivity index (χ2v) is 12.7. The van der Waals surface area contributed by atoms with Gasteiger partial charge in [-0.05, 0) is 75.0 Å². The third kappa shape index (κ3) is 6.70. The molecule has 0 unspecified atom stereocenters. The second kappa shape index (κ2) is 14.6. The molecule has 0 aliphatic carbocycles. The van der Waals surface area contributed by atoms with E-state index in [2.05, 4.69) is 134 Å². The van der Waals surface area contributed by atoms with E-state index in [1.165, 1.54) is 10.8 Å². The fourth-order valence-corrected chi connectivity index (χ4v) is 6.72. The molecular weight excluding hydrogens is 635 g/mol. The molecule has 0 spiro atoms. The van der Waals surface area contributed by atoms with Crippen LogP contribution < -0.4 is 5.73 Å². The average molecular weight is 672 g/mol. The Balaban J connectivity index is 1.22. The molecule has 0 atom stereocenters. The zero-order chi connectivity index (χ0) is 35.3. The lowest BCUT2D eigenvalue weighted by Crippen LogP contribution is -2.17. The summed E-state index contributed by atoms with van der Waals surface area (Å²) in [5.41, 5.74) is 14.4. The summed E-state index contributed by atoms with van der Waals surface area (Å²) in [5.74, 6) is 0.996. The molecule has 4 nitrogen and oxygen atoms in total. The molecule has 4 heteroatoms. The average Bonchev–Trinajstić information content (AvgIpc) is 3.55. The maximum absolute atomic E-state index is 6.69. The van der Waals surface area contributed by atoms with E-state index in [1.807, 2.05) is 55.5 Å². The van der Waals surface area contributed by atoms with Crippen molar-refractivity contribution >= 4 is 66.8 Å². The lowest BCUT2D eigenvalue weighted by Gasteiger charge is -2.15. The molecule has 0 radical (unpaired) electrons. The maximum atomic E-state index is 6.69. The Labute approximate surface area is 303 Å². The van der Waals surface area contributed by atoms with Crippen molar-refractivity contribution in [2.24, 2.45) is 15.7 Å². The molecule has 0 aliphatic rings. The van der Waals surface area contributed by atoms with Crippen molar-refractivity contribution in [3.63, 3.8) is 0 Å². The second-order valence-electron chi connectivity index (χ2n) is 12.7. The van der Waals surface area contributed by atoms with Crippen LogP contribution in [0.2, 0.25) is 0 Å². The van der Waals surface area contributed by atoms with Gasteiger partial charge in [0.15, 0.2) is 5.84 Å². The quantitative estimate of drug-likeness (QED) is 0.0992. The van der Waals surface area contributed by atoms with Crippen LogP contribution in [-0.4, -0.2) is 11.7 Å². The molecule has 8 aromatic rings. The molecule has 0 amide bonds. The van der Waals surface area contributed by atoms with Crippen molar-refractivity contribution in [3.05, 3.63) is 204 Å².